The molecule has 0 fully saturated rings. The van der Waals surface area contributed by atoms with Gasteiger partial charge in [0.15, 0.2) is 0 Å². The molecule has 0 spiro atoms. The summed E-state index contributed by atoms with van der Waals surface area (Å²) in [5.74, 6) is -1.84. The molecule has 1 amide bonds. The third-order valence-corrected chi connectivity index (χ3v) is 3.68. The number of benzene rings is 1. The Labute approximate surface area is 129 Å². The fraction of sp³-hybridized carbons (Fsp3) is 0.429. The molecule has 0 heterocycles. The van der Waals surface area contributed by atoms with Crippen molar-refractivity contribution in [1.29, 1.82) is 0 Å². The quantitative estimate of drug-likeness (QED) is 0.628. The number of hydrogen-bond acceptors (Lipinski definition) is 4. The molecule has 122 valence electrons. The van der Waals surface area contributed by atoms with Gasteiger partial charge in [-0.15, -0.1) is 0 Å². The van der Waals surface area contributed by atoms with Gasteiger partial charge in [0.25, 0.3) is 0 Å². The topological polar surface area (TPSA) is 113 Å². The first-order valence-corrected chi connectivity index (χ1v) is 8.62. The Hall–Kier alpha value is -1.93. The van der Waals surface area contributed by atoms with Gasteiger partial charge in [-0.1, -0.05) is 30.3 Å². The summed E-state index contributed by atoms with van der Waals surface area (Å²) >= 11 is 0. The second-order valence-corrected chi connectivity index (χ2v) is 6.82. The molecule has 8 heteroatoms. The summed E-state index contributed by atoms with van der Waals surface area (Å²) in [5.41, 5.74) is 0.960. The molecule has 1 aromatic carbocycles. The highest BCUT2D eigenvalue weighted by atomic mass is 32.2. The van der Waals surface area contributed by atoms with Gasteiger partial charge in [-0.25, -0.2) is 13.1 Å². The minimum atomic E-state index is -3.59. The van der Waals surface area contributed by atoms with Crippen LogP contribution in [0.3, 0.4) is 0 Å². The molecule has 0 radical (unpaired) electrons. The number of carboxylic acid groups (broad SMARTS) is 1. The first-order chi connectivity index (χ1) is 10.2. The Balaban J connectivity index is 2.75. The number of nitrogens with one attached hydrogen (secondary N) is 2. The van der Waals surface area contributed by atoms with Gasteiger partial charge in [-0.3, -0.25) is 9.59 Å². The first kappa shape index (κ1) is 18.1. The van der Waals surface area contributed by atoms with E-state index in [2.05, 4.69) is 10.0 Å². The number of hydrogen-bond donors (Lipinski definition) is 3. The van der Waals surface area contributed by atoms with Crippen molar-refractivity contribution in [1.82, 2.24) is 10.0 Å². The van der Waals surface area contributed by atoms with E-state index in [1.54, 1.807) is 0 Å². The lowest BCUT2D eigenvalue weighted by Crippen LogP contribution is -2.50. The molecule has 0 saturated carbocycles. The average Bonchev–Trinajstić information content (AvgIpc) is 2.43. The van der Waals surface area contributed by atoms with Crippen molar-refractivity contribution in [3.05, 3.63) is 35.9 Å². The Morgan fingerprint density at radius 2 is 1.82 bits per heavy atom. The van der Waals surface area contributed by atoms with Crippen molar-refractivity contribution in [2.45, 2.75) is 31.8 Å². The Morgan fingerprint density at radius 3 is 2.32 bits per heavy atom. The predicted molar refractivity (Wildman–Crippen MR) is 81.8 cm³/mol. The predicted octanol–water partition coefficient (Wildman–Crippen LogP) is 0.126. The van der Waals surface area contributed by atoms with Crippen LogP contribution in [0.5, 0.6) is 0 Å². The summed E-state index contributed by atoms with van der Waals surface area (Å²) < 4.78 is 25.0. The number of sulfonamides is 1. The highest BCUT2D eigenvalue weighted by Crippen LogP contribution is 2.06. The van der Waals surface area contributed by atoms with Gasteiger partial charge in [0.1, 0.15) is 12.1 Å². The van der Waals surface area contributed by atoms with Crippen LogP contribution in [0.15, 0.2) is 30.3 Å². The monoisotopic (exact) mass is 328 g/mol. The van der Waals surface area contributed by atoms with Gasteiger partial charge in [0.2, 0.25) is 15.9 Å². The third-order valence-electron chi connectivity index (χ3n) is 2.97. The lowest BCUT2D eigenvalue weighted by Gasteiger charge is -2.19. The molecule has 1 aromatic rings. The van der Waals surface area contributed by atoms with Crippen molar-refractivity contribution in [3.8, 4) is 0 Å². The van der Waals surface area contributed by atoms with Gasteiger partial charge >= 0.3 is 5.97 Å². The largest absolute Gasteiger partial charge is 0.480 e. The number of aliphatic carboxylic acids is 1. The van der Waals surface area contributed by atoms with Crippen LogP contribution in [0.2, 0.25) is 0 Å². The van der Waals surface area contributed by atoms with Crippen LogP contribution in [0, 0.1) is 0 Å². The summed E-state index contributed by atoms with van der Waals surface area (Å²) in [5, 5.41) is 11.1. The fourth-order valence-electron chi connectivity index (χ4n) is 1.83. The van der Waals surface area contributed by atoms with E-state index >= 15 is 0 Å². The van der Waals surface area contributed by atoms with Crippen molar-refractivity contribution in [3.63, 3.8) is 0 Å². The van der Waals surface area contributed by atoms with Crippen LogP contribution < -0.4 is 10.0 Å². The standard InChI is InChI=1S/C14H20N2O5S/c1-10(14(18)19)15-13(17)12(16-22(2,20)21)9-8-11-6-4-3-5-7-11/h3-7,10,12,16H,8-9H2,1-2H3,(H,15,17)(H,18,19). The van der Waals surface area contributed by atoms with Crippen LogP contribution in [0.1, 0.15) is 18.9 Å². The zero-order valence-electron chi connectivity index (χ0n) is 12.4. The summed E-state index contributed by atoms with van der Waals surface area (Å²) in [7, 11) is -3.59. The molecule has 1 rings (SSSR count). The van der Waals surface area contributed by atoms with Crippen molar-refractivity contribution in [2.75, 3.05) is 6.26 Å². The maximum absolute atomic E-state index is 12.1. The fourth-order valence-corrected chi connectivity index (χ4v) is 2.58. The van der Waals surface area contributed by atoms with E-state index < -0.39 is 34.0 Å². The SMILES string of the molecule is CC(NC(=O)C(CCc1ccccc1)NS(C)(=O)=O)C(=O)O. The summed E-state index contributed by atoms with van der Waals surface area (Å²) in [6, 6.07) is 7.19. The van der Waals surface area contributed by atoms with Crippen LogP contribution in [-0.4, -0.2) is 43.7 Å². The molecule has 0 aliphatic carbocycles. The van der Waals surface area contributed by atoms with E-state index in [9.17, 15) is 18.0 Å². The van der Waals surface area contributed by atoms with E-state index in [0.717, 1.165) is 11.8 Å². The lowest BCUT2D eigenvalue weighted by molar-refractivity contribution is -0.141. The number of carbonyl (C=O) groups excluding carboxylic acids is 1. The van der Waals surface area contributed by atoms with E-state index in [1.165, 1.54) is 6.92 Å². The summed E-state index contributed by atoms with van der Waals surface area (Å²) in [6.07, 6.45) is 1.68. The minimum Gasteiger partial charge on any atom is -0.480 e. The van der Waals surface area contributed by atoms with E-state index in [0.29, 0.717) is 6.42 Å². The molecular weight excluding hydrogens is 308 g/mol. The molecule has 3 N–H and O–H groups in total. The average molecular weight is 328 g/mol. The maximum atomic E-state index is 12.1. The number of rotatable bonds is 8. The molecule has 7 nitrogen and oxygen atoms in total. The minimum absolute atomic E-state index is 0.231. The van der Waals surface area contributed by atoms with E-state index in [-0.39, 0.29) is 6.42 Å². The Bertz CT molecular complexity index is 615. The molecule has 2 atom stereocenters. The van der Waals surface area contributed by atoms with Crippen molar-refractivity contribution >= 4 is 21.9 Å². The molecule has 22 heavy (non-hydrogen) atoms. The van der Waals surface area contributed by atoms with Gasteiger partial charge < -0.3 is 10.4 Å². The first-order valence-electron chi connectivity index (χ1n) is 6.73. The Kier molecular flexibility index (Phi) is 6.51. The second kappa shape index (κ2) is 7.90. The maximum Gasteiger partial charge on any atom is 0.325 e. The third kappa shape index (κ3) is 6.68. The van der Waals surface area contributed by atoms with E-state index in [4.69, 9.17) is 5.11 Å². The summed E-state index contributed by atoms with van der Waals surface area (Å²) in [6.45, 7) is 1.31. The number of carboxylic acids is 1. The molecule has 0 bridgehead atoms. The molecule has 0 aromatic heterocycles. The summed E-state index contributed by atoms with van der Waals surface area (Å²) in [4.78, 5) is 22.8. The Morgan fingerprint density at radius 1 is 1.23 bits per heavy atom. The van der Waals surface area contributed by atoms with Gasteiger partial charge in [0.05, 0.1) is 6.26 Å². The molecule has 2 unspecified atom stereocenters. The van der Waals surface area contributed by atoms with Crippen LogP contribution in [0.25, 0.3) is 0 Å². The van der Waals surface area contributed by atoms with Crippen molar-refractivity contribution < 1.29 is 23.1 Å². The molecular formula is C14H20N2O5S. The second-order valence-electron chi connectivity index (χ2n) is 5.04. The van der Waals surface area contributed by atoms with Crippen LogP contribution >= 0.6 is 0 Å². The highest BCUT2D eigenvalue weighted by molar-refractivity contribution is 7.88. The number of aryl methyl sites for hydroxylation is 1. The highest BCUT2D eigenvalue weighted by Gasteiger charge is 2.24. The van der Waals surface area contributed by atoms with E-state index in [1.807, 2.05) is 30.3 Å². The van der Waals surface area contributed by atoms with Crippen LogP contribution in [-0.2, 0) is 26.0 Å². The van der Waals surface area contributed by atoms with Gasteiger partial charge in [0, 0.05) is 0 Å². The van der Waals surface area contributed by atoms with Gasteiger partial charge in [-0.05, 0) is 25.3 Å². The smallest absolute Gasteiger partial charge is 0.325 e. The normalized spacial score (nSPS) is 14.1. The van der Waals surface area contributed by atoms with Crippen molar-refractivity contribution in [2.24, 2.45) is 0 Å². The van der Waals surface area contributed by atoms with Gasteiger partial charge in [-0.2, -0.15) is 0 Å². The molecule has 0 saturated heterocycles. The zero-order valence-corrected chi connectivity index (χ0v) is 13.3. The van der Waals surface area contributed by atoms with Crippen LogP contribution in [0.4, 0.5) is 0 Å². The molecule has 0 aliphatic rings. The zero-order chi connectivity index (χ0) is 16.8. The lowest BCUT2D eigenvalue weighted by atomic mass is 10.1. The number of carbonyl (C=O) groups is 2. The number of amides is 1. The molecule has 0 aliphatic heterocycles.